The Hall–Kier alpha value is -0.790. The van der Waals surface area contributed by atoms with Gasteiger partial charge in [-0.25, -0.2) is 0 Å². The van der Waals surface area contributed by atoms with Gasteiger partial charge in [0.05, 0.1) is 5.92 Å². The minimum absolute atomic E-state index is 0.0564. The van der Waals surface area contributed by atoms with E-state index in [-0.39, 0.29) is 23.4 Å². The summed E-state index contributed by atoms with van der Waals surface area (Å²) in [5.41, 5.74) is 0.225. The molecule has 2 aliphatic heterocycles. The number of hydrogen-bond donors (Lipinski definition) is 0. The average Bonchev–Trinajstić information content (AvgIpc) is 2.30. The summed E-state index contributed by atoms with van der Waals surface area (Å²) in [4.78, 5) is 11.7. The number of hydrogen-bond acceptors (Lipinski definition) is 2. The van der Waals surface area contributed by atoms with E-state index in [9.17, 15) is 4.79 Å². The summed E-state index contributed by atoms with van der Waals surface area (Å²) < 4.78 is 5.48. The number of esters is 1. The highest BCUT2D eigenvalue weighted by Gasteiger charge is 2.50. The lowest BCUT2D eigenvalue weighted by molar-refractivity contribution is -0.151. The van der Waals surface area contributed by atoms with Crippen molar-refractivity contribution >= 4 is 5.97 Å². The van der Waals surface area contributed by atoms with Crippen LogP contribution in [0.2, 0.25) is 0 Å². The van der Waals surface area contributed by atoms with Crippen LogP contribution in [0.15, 0.2) is 12.7 Å². The molecule has 4 unspecified atom stereocenters. The Morgan fingerprint density at radius 2 is 2.21 bits per heavy atom. The highest BCUT2D eigenvalue weighted by Crippen LogP contribution is 2.54. The van der Waals surface area contributed by atoms with Gasteiger partial charge >= 0.3 is 5.97 Å². The van der Waals surface area contributed by atoms with Crippen LogP contribution in [0.25, 0.3) is 0 Å². The molecule has 4 rings (SSSR count). The van der Waals surface area contributed by atoms with Crippen molar-refractivity contribution in [2.45, 2.75) is 38.2 Å². The summed E-state index contributed by atoms with van der Waals surface area (Å²) >= 11 is 0. The van der Waals surface area contributed by atoms with Gasteiger partial charge in [-0.05, 0) is 43.4 Å². The topological polar surface area (TPSA) is 26.3 Å². The third-order valence-corrected chi connectivity index (χ3v) is 4.25. The summed E-state index contributed by atoms with van der Waals surface area (Å²) in [5, 5.41) is 0. The van der Waals surface area contributed by atoms with Gasteiger partial charge in [-0.3, -0.25) is 4.79 Å². The molecule has 0 aromatic heterocycles. The van der Waals surface area contributed by atoms with E-state index in [2.05, 4.69) is 12.7 Å². The lowest BCUT2D eigenvalue weighted by Gasteiger charge is -2.44. The lowest BCUT2D eigenvalue weighted by Crippen LogP contribution is -2.38. The fraction of sp³-hybridized carbons (Fsp3) is 0.750. The van der Waals surface area contributed by atoms with Gasteiger partial charge in [0.25, 0.3) is 0 Å². The van der Waals surface area contributed by atoms with Crippen LogP contribution >= 0.6 is 0 Å². The first-order valence-electron chi connectivity index (χ1n) is 5.55. The lowest BCUT2D eigenvalue weighted by atomic mass is 9.59. The van der Waals surface area contributed by atoms with Crippen LogP contribution in [-0.4, -0.2) is 12.1 Å². The van der Waals surface area contributed by atoms with Gasteiger partial charge in [0, 0.05) is 0 Å². The summed E-state index contributed by atoms with van der Waals surface area (Å²) in [5.74, 6) is 0.928. The molecule has 4 bridgehead atoms. The Morgan fingerprint density at radius 3 is 3.00 bits per heavy atom. The van der Waals surface area contributed by atoms with Gasteiger partial charge in [0.15, 0.2) is 0 Å². The van der Waals surface area contributed by atoms with Crippen LogP contribution < -0.4 is 0 Å². The van der Waals surface area contributed by atoms with E-state index < -0.39 is 0 Å². The van der Waals surface area contributed by atoms with Gasteiger partial charge in [0.2, 0.25) is 0 Å². The fourth-order valence-electron chi connectivity index (χ4n) is 3.75. The van der Waals surface area contributed by atoms with Crippen LogP contribution in [0.1, 0.15) is 32.1 Å². The normalized spacial score (nSPS) is 50.0. The number of rotatable bonds is 1. The first kappa shape index (κ1) is 8.51. The van der Waals surface area contributed by atoms with Gasteiger partial charge in [-0.2, -0.15) is 0 Å². The van der Waals surface area contributed by atoms with Crippen molar-refractivity contribution in [3.05, 3.63) is 12.7 Å². The molecule has 0 amide bonds. The molecule has 14 heavy (non-hydrogen) atoms. The zero-order valence-corrected chi connectivity index (χ0v) is 8.37. The van der Waals surface area contributed by atoms with Crippen molar-refractivity contribution in [3.63, 3.8) is 0 Å². The summed E-state index contributed by atoms with van der Waals surface area (Å²) in [6.07, 6.45) is 7.67. The Labute approximate surface area is 84.3 Å². The number of carbonyl (C=O) groups excluding carboxylic acids is 1. The Kier molecular flexibility index (Phi) is 1.59. The van der Waals surface area contributed by atoms with Crippen molar-refractivity contribution < 1.29 is 9.53 Å². The van der Waals surface area contributed by atoms with Crippen LogP contribution in [0, 0.1) is 17.3 Å². The number of allylic oxidation sites excluding steroid dienone is 1. The first-order valence-corrected chi connectivity index (χ1v) is 5.55. The van der Waals surface area contributed by atoms with Crippen molar-refractivity contribution in [1.82, 2.24) is 0 Å². The van der Waals surface area contributed by atoms with Gasteiger partial charge < -0.3 is 4.74 Å². The molecule has 0 spiro atoms. The van der Waals surface area contributed by atoms with Crippen molar-refractivity contribution in [3.8, 4) is 0 Å². The zero-order chi connectivity index (χ0) is 9.76. The Morgan fingerprint density at radius 1 is 1.36 bits per heavy atom. The maximum absolute atomic E-state index is 11.7. The molecule has 4 aliphatic rings. The summed E-state index contributed by atoms with van der Waals surface area (Å²) in [6, 6.07) is 0. The predicted octanol–water partition coefficient (Wildman–Crippen LogP) is 2.29. The minimum Gasteiger partial charge on any atom is -0.462 e. The van der Waals surface area contributed by atoms with Crippen molar-refractivity contribution in [1.29, 1.82) is 0 Å². The van der Waals surface area contributed by atoms with Gasteiger partial charge in [0.1, 0.15) is 6.10 Å². The van der Waals surface area contributed by atoms with Crippen LogP contribution in [0.5, 0.6) is 0 Å². The van der Waals surface area contributed by atoms with E-state index in [1.54, 1.807) is 0 Å². The van der Waals surface area contributed by atoms with Gasteiger partial charge in [-0.15, -0.1) is 6.58 Å². The molecular formula is C12H16O2. The summed E-state index contributed by atoms with van der Waals surface area (Å²) in [7, 11) is 0. The molecule has 2 saturated heterocycles. The molecule has 0 radical (unpaired) electrons. The largest absolute Gasteiger partial charge is 0.462 e. The van der Waals surface area contributed by atoms with E-state index in [0.717, 1.165) is 25.7 Å². The molecule has 0 aromatic carbocycles. The molecule has 0 N–H and O–H groups in total. The van der Waals surface area contributed by atoms with E-state index in [0.29, 0.717) is 5.92 Å². The van der Waals surface area contributed by atoms with Gasteiger partial charge in [-0.1, -0.05) is 6.08 Å². The predicted molar refractivity (Wildman–Crippen MR) is 52.6 cm³/mol. The molecule has 76 valence electrons. The van der Waals surface area contributed by atoms with Crippen LogP contribution in [0.4, 0.5) is 0 Å². The standard InChI is InChI=1S/C12H16O2/c1-2-12-5-8-3-9(6-12)11(13)14-10(4-8)7-12/h2,8-10H,1,3-7H2. The summed E-state index contributed by atoms with van der Waals surface area (Å²) in [6.45, 7) is 3.95. The number of ether oxygens (including phenoxy) is 1. The second kappa shape index (κ2) is 2.62. The molecule has 4 fully saturated rings. The quantitative estimate of drug-likeness (QED) is 0.470. The second-order valence-corrected chi connectivity index (χ2v) is 5.27. The highest BCUT2D eigenvalue weighted by molar-refractivity contribution is 5.73. The van der Waals surface area contributed by atoms with E-state index in [1.807, 2.05) is 0 Å². The highest BCUT2D eigenvalue weighted by atomic mass is 16.5. The van der Waals surface area contributed by atoms with E-state index in [4.69, 9.17) is 4.74 Å². The number of fused-ring (bicyclic) bond motifs is 1. The van der Waals surface area contributed by atoms with Crippen LogP contribution in [-0.2, 0) is 9.53 Å². The maximum atomic E-state index is 11.7. The SMILES string of the molecule is C=CC12CC3CC(C1)OC(=O)C(C3)C2. The molecule has 4 atom stereocenters. The van der Waals surface area contributed by atoms with E-state index >= 15 is 0 Å². The molecule has 2 aliphatic carbocycles. The van der Waals surface area contributed by atoms with Crippen molar-refractivity contribution in [2.24, 2.45) is 17.3 Å². The third-order valence-electron chi connectivity index (χ3n) is 4.25. The van der Waals surface area contributed by atoms with E-state index in [1.165, 1.54) is 6.42 Å². The monoisotopic (exact) mass is 192 g/mol. The number of carbonyl (C=O) groups is 1. The Balaban J connectivity index is 2.01. The molecule has 2 saturated carbocycles. The molecule has 2 heteroatoms. The average molecular weight is 192 g/mol. The first-order chi connectivity index (χ1) is 6.71. The zero-order valence-electron chi connectivity index (χ0n) is 8.37. The smallest absolute Gasteiger partial charge is 0.309 e. The Bertz CT molecular complexity index is 297. The third kappa shape index (κ3) is 1.06. The van der Waals surface area contributed by atoms with Crippen molar-refractivity contribution in [2.75, 3.05) is 0 Å². The molecule has 2 nitrogen and oxygen atoms in total. The minimum atomic E-state index is 0.0564. The molecule has 0 aromatic rings. The second-order valence-electron chi connectivity index (χ2n) is 5.27. The molecular weight excluding hydrogens is 176 g/mol. The maximum Gasteiger partial charge on any atom is 0.309 e. The van der Waals surface area contributed by atoms with Crippen LogP contribution in [0.3, 0.4) is 0 Å². The molecule has 2 heterocycles. The fourth-order valence-corrected chi connectivity index (χ4v) is 3.75.